The maximum atomic E-state index is 11.2. The molecule has 2 atom stereocenters. The van der Waals surface area contributed by atoms with E-state index < -0.39 is 23.0 Å². The van der Waals surface area contributed by atoms with Crippen molar-refractivity contribution in [3.05, 3.63) is 35.9 Å². The number of benzene rings is 1. The Labute approximate surface area is 122 Å². The zero-order valence-corrected chi connectivity index (χ0v) is 12.9. The summed E-state index contributed by atoms with van der Waals surface area (Å²) in [4.78, 5) is 0. The van der Waals surface area contributed by atoms with Crippen molar-refractivity contribution in [2.45, 2.75) is 32.4 Å². The van der Waals surface area contributed by atoms with Crippen LogP contribution in [0.15, 0.2) is 30.3 Å². The fraction of sp³-hybridized carbons (Fsp3) is 0.571. The lowest BCUT2D eigenvalue weighted by molar-refractivity contribution is 0.117. The van der Waals surface area contributed by atoms with Crippen LogP contribution in [-0.4, -0.2) is 43.1 Å². The van der Waals surface area contributed by atoms with Crippen LogP contribution in [0.25, 0.3) is 0 Å². The number of aliphatic hydroxyl groups is 1. The Balaban J connectivity index is 2.57. The Bertz CT molecular complexity index is 455. The predicted molar refractivity (Wildman–Crippen MR) is 80.9 cm³/mol. The molecule has 0 aliphatic heterocycles. The van der Waals surface area contributed by atoms with Crippen molar-refractivity contribution in [2.24, 2.45) is 11.7 Å². The SMILES string of the molecule is CC(C)CN(C[C@@H](O)[C@@H](N)Cc1ccccc1)[SH](=O)=O. The van der Waals surface area contributed by atoms with Gasteiger partial charge in [-0.3, -0.25) is 0 Å². The van der Waals surface area contributed by atoms with Crippen LogP contribution in [0.1, 0.15) is 19.4 Å². The molecule has 1 aromatic rings. The number of aliphatic hydroxyl groups excluding tert-OH is 1. The van der Waals surface area contributed by atoms with E-state index in [4.69, 9.17) is 5.73 Å². The summed E-state index contributed by atoms with van der Waals surface area (Å²) in [6, 6.07) is 9.13. The molecule has 20 heavy (non-hydrogen) atoms. The molecule has 6 heteroatoms. The van der Waals surface area contributed by atoms with E-state index in [1.165, 1.54) is 4.31 Å². The summed E-state index contributed by atoms with van der Waals surface area (Å²) >= 11 is 0. The van der Waals surface area contributed by atoms with Gasteiger partial charge in [0.1, 0.15) is 0 Å². The lowest BCUT2D eigenvalue weighted by Gasteiger charge is -2.24. The van der Waals surface area contributed by atoms with Crippen LogP contribution in [0.4, 0.5) is 0 Å². The minimum Gasteiger partial charge on any atom is -0.390 e. The topological polar surface area (TPSA) is 83.6 Å². The number of nitrogens with zero attached hydrogens (tertiary/aromatic N) is 1. The fourth-order valence-electron chi connectivity index (χ4n) is 2.00. The molecule has 0 unspecified atom stereocenters. The highest BCUT2D eigenvalue weighted by atomic mass is 32.2. The summed E-state index contributed by atoms with van der Waals surface area (Å²) in [7, 11) is -2.70. The molecular formula is C14H24N2O3S. The van der Waals surface area contributed by atoms with Crippen LogP contribution in [0, 0.1) is 5.92 Å². The van der Waals surface area contributed by atoms with Crippen molar-refractivity contribution in [1.29, 1.82) is 0 Å². The normalized spacial score (nSPS) is 14.9. The smallest absolute Gasteiger partial charge is 0.204 e. The van der Waals surface area contributed by atoms with E-state index in [0.29, 0.717) is 13.0 Å². The van der Waals surface area contributed by atoms with Crippen LogP contribution in [0.3, 0.4) is 0 Å². The van der Waals surface area contributed by atoms with Crippen molar-refractivity contribution >= 4 is 10.9 Å². The lowest BCUT2D eigenvalue weighted by Crippen LogP contribution is -2.45. The van der Waals surface area contributed by atoms with Gasteiger partial charge in [0.2, 0.25) is 10.9 Å². The van der Waals surface area contributed by atoms with Gasteiger partial charge in [0.05, 0.1) is 6.10 Å². The van der Waals surface area contributed by atoms with E-state index in [-0.39, 0.29) is 12.5 Å². The standard InChI is InChI=1S/C14H24N2O3S/c1-11(2)9-16(20(18)19)10-14(17)13(15)8-12-6-4-3-5-7-12/h3-7,11,13-14,17,20H,8-10,15H2,1-2H3/t13-,14+/m0/s1. The second-order valence-electron chi connectivity index (χ2n) is 5.42. The monoisotopic (exact) mass is 300 g/mol. The van der Waals surface area contributed by atoms with E-state index in [9.17, 15) is 13.5 Å². The van der Waals surface area contributed by atoms with Gasteiger partial charge in [-0.1, -0.05) is 44.2 Å². The van der Waals surface area contributed by atoms with Gasteiger partial charge in [0.15, 0.2) is 0 Å². The quantitative estimate of drug-likeness (QED) is 0.607. The van der Waals surface area contributed by atoms with E-state index in [1.807, 2.05) is 44.2 Å². The third-order valence-corrected chi connectivity index (χ3v) is 3.80. The molecular weight excluding hydrogens is 276 g/mol. The minimum atomic E-state index is -2.70. The average molecular weight is 300 g/mol. The van der Waals surface area contributed by atoms with Crippen molar-refractivity contribution in [2.75, 3.05) is 13.1 Å². The molecule has 1 rings (SSSR count). The van der Waals surface area contributed by atoms with E-state index in [2.05, 4.69) is 0 Å². The largest absolute Gasteiger partial charge is 0.390 e. The van der Waals surface area contributed by atoms with Crippen LogP contribution >= 0.6 is 0 Å². The van der Waals surface area contributed by atoms with E-state index in [0.717, 1.165) is 5.56 Å². The summed E-state index contributed by atoms with van der Waals surface area (Å²) in [5.41, 5.74) is 6.98. The summed E-state index contributed by atoms with van der Waals surface area (Å²) in [6.07, 6.45) is -0.352. The van der Waals surface area contributed by atoms with Gasteiger partial charge in [-0.05, 0) is 17.9 Å². The minimum absolute atomic E-state index is 0.0465. The molecule has 0 bridgehead atoms. The predicted octanol–water partition coefficient (Wildman–Crippen LogP) is 0.402. The second kappa shape index (κ2) is 8.36. The van der Waals surface area contributed by atoms with Crippen molar-refractivity contribution < 1.29 is 13.5 Å². The fourth-order valence-corrected chi connectivity index (χ4v) is 2.76. The van der Waals surface area contributed by atoms with Crippen molar-refractivity contribution in [3.63, 3.8) is 0 Å². The van der Waals surface area contributed by atoms with Crippen LogP contribution < -0.4 is 5.73 Å². The average Bonchev–Trinajstić information content (AvgIpc) is 2.38. The highest BCUT2D eigenvalue weighted by Crippen LogP contribution is 2.07. The molecule has 0 aliphatic rings. The van der Waals surface area contributed by atoms with E-state index in [1.54, 1.807) is 0 Å². The zero-order valence-electron chi connectivity index (χ0n) is 12.0. The molecule has 0 radical (unpaired) electrons. The molecule has 0 fully saturated rings. The Kier molecular flexibility index (Phi) is 7.15. The molecule has 0 saturated carbocycles. The van der Waals surface area contributed by atoms with Gasteiger partial charge in [0.25, 0.3) is 0 Å². The van der Waals surface area contributed by atoms with Crippen molar-refractivity contribution in [1.82, 2.24) is 4.31 Å². The number of hydrogen-bond donors (Lipinski definition) is 3. The third kappa shape index (κ3) is 6.00. The Hall–Kier alpha value is -0.950. The molecule has 0 saturated heterocycles. The Morgan fingerprint density at radius 1 is 1.20 bits per heavy atom. The van der Waals surface area contributed by atoms with Crippen LogP contribution in [-0.2, 0) is 17.3 Å². The van der Waals surface area contributed by atoms with Gasteiger partial charge in [-0.25, -0.2) is 12.7 Å². The van der Waals surface area contributed by atoms with Gasteiger partial charge >= 0.3 is 0 Å². The van der Waals surface area contributed by atoms with E-state index >= 15 is 0 Å². The van der Waals surface area contributed by atoms with Crippen LogP contribution in [0.5, 0.6) is 0 Å². The highest BCUT2D eigenvalue weighted by molar-refractivity contribution is 7.69. The third-order valence-electron chi connectivity index (χ3n) is 3.01. The first-order chi connectivity index (χ1) is 9.40. The maximum absolute atomic E-state index is 11.2. The lowest BCUT2D eigenvalue weighted by atomic mass is 10.0. The van der Waals surface area contributed by atoms with Crippen molar-refractivity contribution in [3.8, 4) is 0 Å². The van der Waals surface area contributed by atoms with Crippen LogP contribution in [0.2, 0.25) is 0 Å². The number of thiol groups is 1. The number of nitrogens with two attached hydrogens (primary N) is 1. The summed E-state index contributed by atoms with van der Waals surface area (Å²) in [5, 5.41) is 10.1. The molecule has 3 N–H and O–H groups in total. The first kappa shape index (κ1) is 17.1. The summed E-state index contributed by atoms with van der Waals surface area (Å²) in [6.45, 7) is 4.31. The first-order valence-electron chi connectivity index (χ1n) is 6.77. The first-order valence-corrected chi connectivity index (χ1v) is 7.90. The highest BCUT2D eigenvalue weighted by Gasteiger charge is 2.20. The molecule has 0 amide bonds. The number of hydrogen-bond acceptors (Lipinski definition) is 4. The molecule has 0 heterocycles. The van der Waals surface area contributed by atoms with Gasteiger partial charge in [0, 0.05) is 19.1 Å². The number of rotatable bonds is 8. The zero-order chi connectivity index (χ0) is 15.1. The molecule has 5 nitrogen and oxygen atoms in total. The molecule has 1 aromatic carbocycles. The summed E-state index contributed by atoms with van der Waals surface area (Å²) < 4.78 is 23.6. The molecule has 0 aliphatic carbocycles. The summed E-state index contributed by atoms with van der Waals surface area (Å²) in [5.74, 6) is 0.209. The Morgan fingerprint density at radius 3 is 2.30 bits per heavy atom. The molecule has 0 spiro atoms. The molecule has 114 valence electrons. The Morgan fingerprint density at radius 2 is 1.80 bits per heavy atom. The van der Waals surface area contributed by atoms with Gasteiger partial charge < -0.3 is 10.8 Å². The van der Waals surface area contributed by atoms with Gasteiger partial charge in [-0.15, -0.1) is 0 Å². The molecule has 0 aromatic heterocycles. The maximum Gasteiger partial charge on any atom is 0.204 e. The van der Waals surface area contributed by atoms with Gasteiger partial charge in [-0.2, -0.15) is 0 Å². The second-order valence-corrected chi connectivity index (χ2v) is 6.47.